The van der Waals surface area contributed by atoms with E-state index in [-0.39, 0.29) is 17.0 Å². The Labute approximate surface area is 179 Å². The molecule has 10 heteroatoms. The van der Waals surface area contributed by atoms with Crippen LogP contribution in [0.2, 0.25) is 0 Å². The fourth-order valence-corrected chi connectivity index (χ4v) is 4.00. The summed E-state index contributed by atoms with van der Waals surface area (Å²) < 4.78 is 31.4. The summed E-state index contributed by atoms with van der Waals surface area (Å²) in [6.45, 7) is 1.33. The third kappa shape index (κ3) is 5.36. The van der Waals surface area contributed by atoms with Crippen LogP contribution in [0.4, 0.5) is 5.69 Å². The molecule has 3 aromatic rings. The largest absolute Gasteiger partial charge is 0.497 e. The molecular formula is C21H22N4O5S. The van der Waals surface area contributed by atoms with Gasteiger partial charge in [0.2, 0.25) is 15.9 Å². The SMILES string of the molecule is COc1ccc(S(=O)(=O)N(C)CC(=O)Nc2cccc(-c3nc(C)cc(=O)[nH]3)c2)cc1. The minimum atomic E-state index is -3.84. The molecule has 0 atom stereocenters. The van der Waals surface area contributed by atoms with Crippen LogP contribution in [0, 0.1) is 6.92 Å². The number of anilines is 1. The first-order valence-electron chi connectivity index (χ1n) is 9.27. The van der Waals surface area contributed by atoms with Crippen LogP contribution in [0.1, 0.15) is 5.69 Å². The average Bonchev–Trinajstić information content (AvgIpc) is 2.73. The highest BCUT2D eigenvalue weighted by atomic mass is 32.2. The van der Waals surface area contributed by atoms with E-state index in [1.165, 1.54) is 44.5 Å². The Hall–Kier alpha value is -3.50. The predicted octanol–water partition coefficient (Wildman–Crippen LogP) is 2.01. The number of aromatic amines is 1. The smallest absolute Gasteiger partial charge is 0.251 e. The summed E-state index contributed by atoms with van der Waals surface area (Å²) in [6, 6.07) is 14.0. The monoisotopic (exact) mass is 442 g/mol. The number of nitrogens with zero attached hydrogens (tertiary/aromatic N) is 2. The number of aryl methyl sites for hydroxylation is 1. The van der Waals surface area contributed by atoms with Crippen molar-refractivity contribution in [3.8, 4) is 17.1 Å². The number of nitrogens with one attached hydrogen (secondary N) is 2. The molecule has 0 unspecified atom stereocenters. The van der Waals surface area contributed by atoms with Crippen molar-refractivity contribution in [1.29, 1.82) is 0 Å². The van der Waals surface area contributed by atoms with Gasteiger partial charge in [0.15, 0.2) is 0 Å². The molecule has 0 spiro atoms. The zero-order valence-corrected chi connectivity index (χ0v) is 18.1. The number of hydrogen-bond acceptors (Lipinski definition) is 6. The Bertz CT molecular complexity index is 1250. The number of sulfonamides is 1. The highest BCUT2D eigenvalue weighted by molar-refractivity contribution is 7.89. The average molecular weight is 442 g/mol. The lowest BCUT2D eigenvalue weighted by Gasteiger charge is -2.17. The standard InChI is InChI=1S/C21H22N4O5S/c1-14-11-19(26)24-21(22-14)15-5-4-6-16(12-15)23-20(27)13-25(2)31(28,29)18-9-7-17(30-3)8-10-18/h4-12H,13H2,1-3H3,(H,23,27)(H,22,24,26). The molecule has 0 fully saturated rings. The number of H-pyrrole nitrogens is 1. The Balaban J connectivity index is 1.72. The highest BCUT2D eigenvalue weighted by Crippen LogP contribution is 2.20. The van der Waals surface area contributed by atoms with E-state index in [4.69, 9.17) is 4.74 Å². The molecule has 0 radical (unpaired) electrons. The molecule has 0 aliphatic rings. The first-order valence-corrected chi connectivity index (χ1v) is 10.7. The summed E-state index contributed by atoms with van der Waals surface area (Å²) in [4.78, 5) is 31.1. The number of carbonyl (C=O) groups excluding carboxylic acids is 1. The van der Waals surface area contributed by atoms with Crippen molar-refractivity contribution in [3.05, 3.63) is 70.6 Å². The number of ether oxygens (including phenoxy) is 1. The zero-order chi connectivity index (χ0) is 22.6. The van der Waals surface area contributed by atoms with Crippen LogP contribution < -0.4 is 15.6 Å². The summed E-state index contributed by atoms with van der Waals surface area (Å²) in [6.07, 6.45) is 0. The van der Waals surface area contributed by atoms with E-state index in [0.717, 1.165) is 4.31 Å². The summed E-state index contributed by atoms with van der Waals surface area (Å²) in [5.41, 5.74) is 1.35. The van der Waals surface area contributed by atoms with Crippen molar-refractivity contribution in [3.63, 3.8) is 0 Å². The molecule has 31 heavy (non-hydrogen) atoms. The zero-order valence-electron chi connectivity index (χ0n) is 17.2. The van der Waals surface area contributed by atoms with Crippen molar-refractivity contribution >= 4 is 21.6 Å². The molecule has 9 nitrogen and oxygen atoms in total. The molecule has 2 aromatic carbocycles. The molecule has 0 saturated carbocycles. The Morgan fingerprint density at radius 1 is 1.16 bits per heavy atom. The number of likely N-dealkylation sites (N-methyl/N-ethyl adjacent to an activating group) is 1. The predicted molar refractivity (Wildman–Crippen MR) is 116 cm³/mol. The van der Waals surface area contributed by atoms with Gasteiger partial charge in [0.1, 0.15) is 11.6 Å². The second-order valence-corrected chi connectivity index (χ2v) is 8.85. The first-order chi connectivity index (χ1) is 14.7. The lowest BCUT2D eigenvalue weighted by atomic mass is 10.2. The van der Waals surface area contributed by atoms with E-state index in [9.17, 15) is 18.0 Å². The fraction of sp³-hybridized carbons (Fsp3) is 0.190. The van der Waals surface area contributed by atoms with Gasteiger partial charge >= 0.3 is 0 Å². The molecule has 0 bridgehead atoms. The van der Waals surface area contributed by atoms with Crippen molar-refractivity contribution in [2.75, 3.05) is 26.0 Å². The van der Waals surface area contributed by atoms with Gasteiger partial charge in [-0.25, -0.2) is 13.4 Å². The third-order valence-corrected chi connectivity index (χ3v) is 6.24. The molecule has 1 heterocycles. The van der Waals surface area contributed by atoms with E-state index >= 15 is 0 Å². The minimum absolute atomic E-state index is 0.0556. The highest BCUT2D eigenvalue weighted by Gasteiger charge is 2.23. The van der Waals surface area contributed by atoms with Crippen LogP contribution in [-0.4, -0.2) is 49.3 Å². The maximum absolute atomic E-state index is 12.7. The second kappa shape index (κ2) is 9.11. The van der Waals surface area contributed by atoms with Crippen LogP contribution in [-0.2, 0) is 14.8 Å². The van der Waals surface area contributed by atoms with E-state index in [1.807, 2.05) is 0 Å². The van der Waals surface area contributed by atoms with Crippen molar-refractivity contribution in [2.45, 2.75) is 11.8 Å². The number of amides is 1. The third-order valence-electron chi connectivity index (χ3n) is 4.42. The van der Waals surface area contributed by atoms with Gasteiger partial charge in [-0.3, -0.25) is 9.59 Å². The van der Waals surface area contributed by atoms with Crippen LogP contribution in [0.15, 0.2) is 64.3 Å². The lowest BCUT2D eigenvalue weighted by molar-refractivity contribution is -0.116. The normalized spacial score (nSPS) is 11.4. The van der Waals surface area contributed by atoms with Crippen molar-refractivity contribution in [1.82, 2.24) is 14.3 Å². The second-order valence-electron chi connectivity index (χ2n) is 6.80. The van der Waals surface area contributed by atoms with Crippen molar-refractivity contribution in [2.24, 2.45) is 0 Å². The van der Waals surface area contributed by atoms with Gasteiger partial charge in [-0.2, -0.15) is 4.31 Å². The minimum Gasteiger partial charge on any atom is -0.497 e. The molecule has 0 aliphatic carbocycles. The van der Waals surface area contributed by atoms with Crippen LogP contribution in [0.25, 0.3) is 11.4 Å². The molecule has 1 amide bonds. The Morgan fingerprint density at radius 2 is 1.87 bits per heavy atom. The Morgan fingerprint density at radius 3 is 2.52 bits per heavy atom. The quantitative estimate of drug-likeness (QED) is 0.577. The first kappa shape index (κ1) is 22.2. The van der Waals surface area contributed by atoms with Crippen LogP contribution >= 0.6 is 0 Å². The number of carbonyl (C=O) groups is 1. The Kier molecular flexibility index (Phi) is 6.52. The molecule has 0 saturated heterocycles. The van der Waals surface area contributed by atoms with E-state index in [2.05, 4.69) is 15.3 Å². The number of aromatic nitrogens is 2. The van der Waals surface area contributed by atoms with Crippen LogP contribution in [0.5, 0.6) is 5.75 Å². The van der Waals surface area contributed by atoms with Gasteiger partial charge in [0, 0.05) is 30.1 Å². The van der Waals surface area contributed by atoms with E-state index < -0.39 is 15.9 Å². The maximum atomic E-state index is 12.7. The summed E-state index contributed by atoms with van der Waals surface area (Å²) in [5.74, 6) is 0.395. The summed E-state index contributed by atoms with van der Waals surface area (Å²) >= 11 is 0. The van der Waals surface area contributed by atoms with Gasteiger partial charge < -0.3 is 15.0 Å². The van der Waals surface area contributed by atoms with Gasteiger partial charge in [-0.15, -0.1) is 0 Å². The van der Waals surface area contributed by atoms with E-state index in [0.29, 0.717) is 28.5 Å². The molecule has 1 aromatic heterocycles. The topological polar surface area (TPSA) is 121 Å². The lowest BCUT2D eigenvalue weighted by Crippen LogP contribution is -2.34. The van der Waals surface area contributed by atoms with E-state index in [1.54, 1.807) is 31.2 Å². The van der Waals surface area contributed by atoms with Gasteiger partial charge in [0.25, 0.3) is 5.56 Å². The van der Waals surface area contributed by atoms with Gasteiger partial charge in [-0.05, 0) is 43.3 Å². The van der Waals surface area contributed by atoms with Gasteiger partial charge in [0.05, 0.1) is 18.6 Å². The summed E-state index contributed by atoms with van der Waals surface area (Å²) in [7, 11) is -1.03. The maximum Gasteiger partial charge on any atom is 0.251 e. The number of benzene rings is 2. The fourth-order valence-electron chi connectivity index (χ4n) is 2.88. The molecule has 162 valence electrons. The van der Waals surface area contributed by atoms with Crippen LogP contribution in [0.3, 0.4) is 0 Å². The number of methoxy groups -OCH3 is 1. The number of rotatable bonds is 7. The summed E-state index contributed by atoms with van der Waals surface area (Å²) in [5, 5.41) is 2.67. The number of hydrogen-bond donors (Lipinski definition) is 2. The molecule has 3 rings (SSSR count). The molecular weight excluding hydrogens is 420 g/mol. The molecule has 2 N–H and O–H groups in total. The van der Waals surface area contributed by atoms with Gasteiger partial charge in [-0.1, -0.05) is 12.1 Å². The molecule has 0 aliphatic heterocycles. The van der Waals surface area contributed by atoms with Crippen molar-refractivity contribution < 1.29 is 17.9 Å².